The SMILES string of the molecule is CC(C)c1cc2cnc(Cl)cc2[nH]c1=O. The largest absolute Gasteiger partial charge is 0.322 e. The van der Waals surface area contributed by atoms with Gasteiger partial charge in [-0.15, -0.1) is 0 Å². The van der Waals surface area contributed by atoms with Crippen molar-refractivity contribution in [3.8, 4) is 0 Å². The summed E-state index contributed by atoms with van der Waals surface area (Å²) in [5.74, 6) is 0.203. The average Bonchev–Trinajstić information content (AvgIpc) is 2.15. The predicted molar refractivity (Wildman–Crippen MR) is 61.5 cm³/mol. The van der Waals surface area contributed by atoms with Gasteiger partial charge >= 0.3 is 0 Å². The number of nitrogens with zero attached hydrogens (tertiary/aromatic N) is 1. The van der Waals surface area contributed by atoms with E-state index in [4.69, 9.17) is 11.6 Å². The Hall–Kier alpha value is -1.35. The molecule has 0 bridgehead atoms. The van der Waals surface area contributed by atoms with Crippen LogP contribution < -0.4 is 5.56 Å². The van der Waals surface area contributed by atoms with Crippen LogP contribution in [0, 0.1) is 0 Å². The summed E-state index contributed by atoms with van der Waals surface area (Å²) in [6.45, 7) is 3.97. The Morgan fingerprint density at radius 1 is 1.40 bits per heavy atom. The summed E-state index contributed by atoms with van der Waals surface area (Å²) < 4.78 is 0. The van der Waals surface area contributed by atoms with Crippen molar-refractivity contribution in [2.75, 3.05) is 0 Å². The van der Waals surface area contributed by atoms with Crippen LogP contribution in [0.25, 0.3) is 10.9 Å². The Bertz CT molecular complexity index is 560. The first-order valence-electron chi connectivity index (χ1n) is 4.76. The van der Waals surface area contributed by atoms with Crippen LogP contribution in [-0.4, -0.2) is 9.97 Å². The number of aromatic nitrogens is 2. The Kier molecular flexibility index (Phi) is 2.49. The molecular weight excluding hydrogens is 212 g/mol. The average molecular weight is 223 g/mol. The summed E-state index contributed by atoms with van der Waals surface area (Å²) >= 11 is 5.74. The molecule has 0 aliphatic rings. The molecule has 78 valence electrons. The molecule has 2 rings (SSSR count). The van der Waals surface area contributed by atoms with Gasteiger partial charge in [-0.2, -0.15) is 0 Å². The fourth-order valence-electron chi connectivity index (χ4n) is 1.52. The molecule has 0 amide bonds. The molecule has 1 N–H and O–H groups in total. The summed E-state index contributed by atoms with van der Waals surface area (Å²) in [5.41, 5.74) is 1.44. The minimum Gasteiger partial charge on any atom is -0.322 e. The maximum Gasteiger partial charge on any atom is 0.251 e. The monoisotopic (exact) mass is 222 g/mol. The lowest BCUT2D eigenvalue weighted by atomic mass is 10.0. The van der Waals surface area contributed by atoms with Crippen molar-refractivity contribution in [1.82, 2.24) is 9.97 Å². The molecule has 2 heterocycles. The van der Waals surface area contributed by atoms with E-state index in [0.717, 1.165) is 16.5 Å². The second-order valence-corrected chi connectivity index (χ2v) is 4.19. The van der Waals surface area contributed by atoms with Crippen LogP contribution in [0.5, 0.6) is 0 Å². The van der Waals surface area contributed by atoms with E-state index in [1.807, 2.05) is 19.9 Å². The first-order chi connectivity index (χ1) is 7.08. The van der Waals surface area contributed by atoms with Crippen molar-refractivity contribution >= 4 is 22.5 Å². The van der Waals surface area contributed by atoms with E-state index in [1.165, 1.54) is 0 Å². The third kappa shape index (κ3) is 1.88. The molecule has 15 heavy (non-hydrogen) atoms. The highest BCUT2D eigenvalue weighted by Crippen LogP contribution is 2.17. The van der Waals surface area contributed by atoms with E-state index < -0.39 is 0 Å². The van der Waals surface area contributed by atoms with Crippen molar-refractivity contribution in [2.24, 2.45) is 0 Å². The zero-order valence-corrected chi connectivity index (χ0v) is 9.30. The molecule has 0 aliphatic heterocycles. The van der Waals surface area contributed by atoms with Gasteiger partial charge in [0, 0.05) is 17.1 Å². The van der Waals surface area contributed by atoms with E-state index in [0.29, 0.717) is 5.15 Å². The zero-order valence-electron chi connectivity index (χ0n) is 8.54. The van der Waals surface area contributed by atoms with Crippen molar-refractivity contribution in [1.29, 1.82) is 0 Å². The maximum atomic E-state index is 11.7. The van der Waals surface area contributed by atoms with Crippen molar-refractivity contribution in [2.45, 2.75) is 19.8 Å². The standard InChI is InChI=1S/C11H11ClN2O/c1-6(2)8-3-7-5-13-10(12)4-9(7)14-11(8)15/h3-6H,1-2H3,(H,14,15). The molecule has 0 unspecified atom stereocenters. The number of halogens is 1. The quantitative estimate of drug-likeness (QED) is 0.754. The molecule has 0 saturated carbocycles. The highest BCUT2D eigenvalue weighted by Gasteiger charge is 2.06. The van der Waals surface area contributed by atoms with Crippen molar-refractivity contribution < 1.29 is 0 Å². The van der Waals surface area contributed by atoms with Gasteiger partial charge in [-0.1, -0.05) is 25.4 Å². The van der Waals surface area contributed by atoms with Gasteiger partial charge in [-0.25, -0.2) is 4.98 Å². The molecule has 3 nitrogen and oxygen atoms in total. The smallest absolute Gasteiger partial charge is 0.251 e. The fraction of sp³-hybridized carbons (Fsp3) is 0.273. The number of nitrogens with one attached hydrogen (secondary N) is 1. The predicted octanol–water partition coefficient (Wildman–Crippen LogP) is 2.70. The summed E-state index contributed by atoms with van der Waals surface area (Å²) in [4.78, 5) is 18.4. The van der Waals surface area contributed by atoms with E-state index in [-0.39, 0.29) is 11.5 Å². The van der Waals surface area contributed by atoms with E-state index in [9.17, 15) is 4.79 Å². The number of hydrogen-bond acceptors (Lipinski definition) is 2. The first-order valence-corrected chi connectivity index (χ1v) is 5.14. The van der Waals surface area contributed by atoms with Crippen molar-refractivity contribution in [3.05, 3.63) is 39.4 Å². The second-order valence-electron chi connectivity index (χ2n) is 3.80. The lowest BCUT2D eigenvalue weighted by molar-refractivity contribution is 0.849. The molecule has 0 spiro atoms. The first kappa shape index (κ1) is 10.2. The number of rotatable bonds is 1. The van der Waals surface area contributed by atoms with Crippen LogP contribution in [-0.2, 0) is 0 Å². The Morgan fingerprint density at radius 2 is 2.13 bits per heavy atom. The lowest BCUT2D eigenvalue weighted by Gasteiger charge is -2.05. The summed E-state index contributed by atoms with van der Waals surface area (Å²) in [7, 11) is 0. The number of hydrogen-bond donors (Lipinski definition) is 1. The van der Waals surface area contributed by atoms with Crippen LogP contribution in [0.15, 0.2) is 23.1 Å². The Balaban J connectivity index is 2.76. The summed E-state index contributed by atoms with van der Waals surface area (Å²) in [6, 6.07) is 3.52. The van der Waals surface area contributed by atoms with Crippen LogP contribution >= 0.6 is 11.6 Å². The van der Waals surface area contributed by atoms with Gasteiger partial charge < -0.3 is 4.98 Å². The molecule has 0 atom stereocenters. The van der Waals surface area contributed by atoms with E-state index >= 15 is 0 Å². The minimum absolute atomic E-state index is 0.0558. The summed E-state index contributed by atoms with van der Waals surface area (Å²) in [6.07, 6.45) is 1.67. The molecule has 0 aliphatic carbocycles. The van der Waals surface area contributed by atoms with Gasteiger partial charge in [0.25, 0.3) is 5.56 Å². The molecule has 0 saturated heterocycles. The highest BCUT2D eigenvalue weighted by atomic mass is 35.5. The maximum absolute atomic E-state index is 11.7. The molecule has 0 radical (unpaired) electrons. The topological polar surface area (TPSA) is 45.8 Å². The van der Waals surface area contributed by atoms with E-state index in [1.54, 1.807) is 12.3 Å². The third-order valence-electron chi connectivity index (χ3n) is 2.34. The van der Waals surface area contributed by atoms with Gasteiger partial charge in [0.1, 0.15) is 5.15 Å². The normalized spacial score (nSPS) is 11.2. The molecular formula is C11H11ClN2O. The molecule has 2 aromatic rings. The van der Waals surface area contributed by atoms with Crippen LogP contribution in [0.2, 0.25) is 5.15 Å². The Morgan fingerprint density at radius 3 is 2.80 bits per heavy atom. The van der Waals surface area contributed by atoms with Crippen LogP contribution in [0.3, 0.4) is 0 Å². The van der Waals surface area contributed by atoms with Gasteiger partial charge in [0.15, 0.2) is 0 Å². The van der Waals surface area contributed by atoms with Crippen LogP contribution in [0.4, 0.5) is 0 Å². The Labute approximate surface area is 92.1 Å². The summed E-state index contributed by atoms with van der Waals surface area (Å²) in [5, 5.41) is 1.29. The number of fused-ring (bicyclic) bond motifs is 1. The number of H-pyrrole nitrogens is 1. The second kappa shape index (κ2) is 3.66. The van der Waals surface area contributed by atoms with Gasteiger partial charge in [0.05, 0.1) is 5.52 Å². The molecule has 4 heteroatoms. The fourth-order valence-corrected chi connectivity index (χ4v) is 1.68. The van der Waals surface area contributed by atoms with Crippen molar-refractivity contribution in [3.63, 3.8) is 0 Å². The van der Waals surface area contributed by atoms with Gasteiger partial charge in [0.2, 0.25) is 0 Å². The molecule has 2 aromatic heterocycles. The third-order valence-corrected chi connectivity index (χ3v) is 2.55. The zero-order chi connectivity index (χ0) is 11.0. The van der Waals surface area contributed by atoms with E-state index in [2.05, 4.69) is 9.97 Å². The highest BCUT2D eigenvalue weighted by molar-refractivity contribution is 6.29. The minimum atomic E-state index is -0.0558. The van der Waals surface area contributed by atoms with Gasteiger partial charge in [-0.3, -0.25) is 4.79 Å². The van der Waals surface area contributed by atoms with Gasteiger partial charge in [-0.05, 0) is 18.1 Å². The lowest BCUT2D eigenvalue weighted by Crippen LogP contribution is -2.13. The number of pyridine rings is 2. The number of aromatic amines is 1. The molecule has 0 aromatic carbocycles. The molecule has 0 fully saturated rings. The van der Waals surface area contributed by atoms with Crippen LogP contribution in [0.1, 0.15) is 25.3 Å².